The van der Waals surface area contributed by atoms with Crippen molar-refractivity contribution in [3.8, 4) is 0 Å². The van der Waals surface area contributed by atoms with E-state index in [9.17, 15) is 0 Å². The molecule has 1 aromatic heterocycles. The summed E-state index contributed by atoms with van der Waals surface area (Å²) in [4.78, 5) is 0. The Labute approximate surface area is 98.4 Å². The molecule has 0 aliphatic rings. The molecule has 1 N–H and O–H groups in total. The zero-order valence-electron chi connectivity index (χ0n) is 10.4. The number of hydrogen-bond donors (Lipinski definition) is 1. The first-order valence-electron chi connectivity index (χ1n) is 6.48. The van der Waals surface area contributed by atoms with E-state index in [0.29, 0.717) is 0 Å². The molecular formula is C12H24N4. The average Bonchev–Trinajstić information content (AvgIpc) is 2.80. The minimum Gasteiger partial charge on any atom is -0.315 e. The molecule has 0 bridgehead atoms. The fourth-order valence-electron chi connectivity index (χ4n) is 1.70. The number of rotatable bonds is 10. The van der Waals surface area contributed by atoms with Crippen molar-refractivity contribution in [2.75, 3.05) is 13.1 Å². The van der Waals surface area contributed by atoms with Crippen LogP contribution >= 0.6 is 0 Å². The monoisotopic (exact) mass is 224 g/mol. The van der Waals surface area contributed by atoms with Gasteiger partial charge in [0.25, 0.3) is 0 Å². The van der Waals surface area contributed by atoms with E-state index in [2.05, 4.69) is 22.6 Å². The molecule has 0 fully saturated rings. The number of nitrogens with one attached hydrogen (secondary N) is 1. The van der Waals surface area contributed by atoms with Gasteiger partial charge in [-0.1, -0.05) is 44.2 Å². The third-order valence-corrected chi connectivity index (χ3v) is 2.70. The Kier molecular flexibility index (Phi) is 7.68. The molecule has 0 atom stereocenters. The van der Waals surface area contributed by atoms with Gasteiger partial charge in [0, 0.05) is 12.7 Å². The van der Waals surface area contributed by atoms with Crippen LogP contribution in [-0.2, 0) is 6.54 Å². The Bertz CT molecular complexity index is 233. The highest BCUT2D eigenvalue weighted by molar-refractivity contribution is 4.64. The van der Waals surface area contributed by atoms with Crippen molar-refractivity contribution in [3.63, 3.8) is 0 Å². The van der Waals surface area contributed by atoms with Crippen molar-refractivity contribution in [2.45, 2.75) is 52.0 Å². The number of hydrogen-bond acceptors (Lipinski definition) is 3. The maximum Gasteiger partial charge on any atom is 0.0692 e. The molecule has 0 saturated carbocycles. The Hall–Kier alpha value is -0.900. The molecular weight excluding hydrogens is 200 g/mol. The lowest BCUT2D eigenvalue weighted by atomic mass is 10.1. The Morgan fingerprint density at radius 3 is 2.62 bits per heavy atom. The van der Waals surface area contributed by atoms with Gasteiger partial charge in [-0.15, -0.1) is 5.10 Å². The summed E-state index contributed by atoms with van der Waals surface area (Å²) in [5, 5.41) is 11.1. The second kappa shape index (κ2) is 9.33. The summed E-state index contributed by atoms with van der Waals surface area (Å²) in [7, 11) is 0. The van der Waals surface area contributed by atoms with E-state index in [-0.39, 0.29) is 0 Å². The molecule has 0 aliphatic carbocycles. The van der Waals surface area contributed by atoms with Crippen LogP contribution in [0, 0.1) is 0 Å². The van der Waals surface area contributed by atoms with Crippen molar-refractivity contribution in [1.29, 1.82) is 0 Å². The summed E-state index contributed by atoms with van der Waals surface area (Å²) >= 11 is 0. The highest BCUT2D eigenvalue weighted by Gasteiger charge is 1.92. The van der Waals surface area contributed by atoms with Gasteiger partial charge in [0.1, 0.15) is 0 Å². The van der Waals surface area contributed by atoms with Crippen LogP contribution in [0.4, 0.5) is 0 Å². The molecule has 0 aromatic carbocycles. The molecule has 4 nitrogen and oxygen atoms in total. The van der Waals surface area contributed by atoms with Crippen LogP contribution in [0.15, 0.2) is 12.4 Å². The first-order valence-corrected chi connectivity index (χ1v) is 6.48. The van der Waals surface area contributed by atoms with Crippen LogP contribution in [0.25, 0.3) is 0 Å². The minimum absolute atomic E-state index is 0.913. The summed E-state index contributed by atoms with van der Waals surface area (Å²) < 4.78 is 1.86. The van der Waals surface area contributed by atoms with Crippen LogP contribution in [0.2, 0.25) is 0 Å². The van der Waals surface area contributed by atoms with Crippen molar-refractivity contribution in [1.82, 2.24) is 20.3 Å². The number of aromatic nitrogens is 3. The zero-order valence-corrected chi connectivity index (χ0v) is 10.4. The van der Waals surface area contributed by atoms with Crippen molar-refractivity contribution in [2.24, 2.45) is 0 Å². The Morgan fingerprint density at radius 1 is 1.06 bits per heavy atom. The molecule has 0 aliphatic heterocycles. The standard InChI is InChI=1S/C12H24N4/c1-2-3-4-5-6-7-8-13-9-11-16-12-10-14-15-16/h10,12-13H,2-9,11H2,1H3. The lowest BCUT2D eigenvalue weighted by molar-refractivity contribution is 0.520. The Balaban J connectivity index is 1.78. The van der Waals surface area contributed by atoms with E-state index in [4.69, 9.17) is 0 Å². The van der Waals surface area contributed by atoms with Gasteiger partial charge in [-0.05, 0) is 13.0 Å². The van der Waals surface area contributed by atoms with Crippen molar-refractivity contribution < 1.29 is 0 Å². The molecule has 1 rings (SSSR count). The highest BCUT2D eigenvalue weighted by Crippen LogP contribution is 2.03. The first-order chi connectivity index (χ1) is 7.93. The first kappa shape index (κ1) is 13.2. The smallest absolute Gasteiger partial charge is 0.0692 e. The summed E-state index contributed by atoms with van der Waals surface area (Å²) in [6, 6.07) is 0. The van der Waals surface area contributed by atoms with Crippen molar-refractivity contribution in [3.05, 3.63) is 12.4 Å². The lowest BCUT2D eigenvalue weighted by Crippen LogP contribution is -2.21. The lowest BCUT2D eigenvalue weighted by Gasteiger charge is -2.04. The molecule has 0 spiro atoms. The van der Waals surface area contributed by atoms with E-state index in [0.717, 1.165) is 19.6 Å². The van der Waals surface area contributed by atoms with Gasteiger partial charge in [-0.2, -0.15) is 0 Å². The maximum absolute atomic E-state index is 3.91. The molecule has 0 saturated heterocycles. The van der Waals surface area contributed by atoms with E-state index in [1.807, 2.05) is 10.9 Å². The van der Waals surface area contributed by atoms with E-state index in [1.54, 1.807) is 6.20 Å². The molecule has 1 heterocycles. The van der Waals surface area contributed by atoms with Crippen LogP contribution in [0.5, 0.6) is 0 Å². The van der Waals surface area contributed by atoms with Gasteiger partial charge >= 0.3 is 0 Å². The van der Waals surface area contributed by atoms with Crippen LogP contribution in [0.3, 0.4) is 0 Å². The van der Waals surface area contributed by atoms with E-state index < -0.39 is 0 Å². The molecule has 0 radical (unpaired) electrons. The highest BCUT2D eigenvalue weighted by atomic mass is 15.4. The second-order valence-electron chi connectivity index (χ2n) is 4.18. The fraction of sp³-hybridized carbons (Fsp3) is 0.833. The normalized spacial score (nSPS) is 10.8. The third kappa shape index (κ3) is 6.56. The summed E-state index contributed by atoms with van der Waals surface area (Å²) in [5.74, 6) is 0. The quantitative estimate of drug-likeness (QED) is 0.620. The van der Waals surface area contributed by atoms with Crippen LogP contribution in [0.1, 0.15) is 45.4 Å². The van der Waals surface area contributed by atoms with Gasteiger partial charge in [0.05, 0.1) is 12.7 Å². The fourth-order valence-corrected chi connectivity index (χ4v) is 1.70. The molecule has 1 aromatic rings. The topological polar surface area (TPSA) is 42.7 Å². The van der Waals surface area contributed by atoms with Crippen LogP contribution < -0.4 is 5.32 Å². The predicted molar refractivity (Wildman–Crippen MR) is 66.3 cm³/mol. The number of nitrogens with zero attached hydrogens (tertiary/aromatic N) is 3. The molecule has 92 valence electrons. The second-order valence-corrected chi connectivity index (χ2v) is 4.18. The summed E-state index contributed by atoms with van der Waals surface area (Å²) in [6.45, 7) is 5.28. The molecule has 0 unspecified atom stereocenters. The largest absolute Gasteiger partial charge is 0.315 e. The van der Waals surface area contributed by atoms with Crippen molar-refractivity contribution >= 4 is 0 Å². The molecule has 16 heavy (non-hydrogen) atoms. The molecule has 0 amide bonds. The van der Waals surface area contributed by atoms with Gasteiger partial charge in [0.15, 0.2) is 0 Å². The van der Waals surface area contributed by atoms with Gasteiger partial charge < -0.3 is 5.32 Å². The zero-order chi connectivity index (χ0) is 11.5. The van der Waals surface area contributed by atoms with Gasteiger partial charge in [-0.25, -0.2) is 0 Å². The number of unbranched alkanes of at least 4 members (excludes halogenated alkanes) is 5. The summed E-state index contributed by atoms with van der Waals surface area (Å²) in [6.07, 6.45) is 11.8. The van der Waals surface area contributed by atoms with E-state index >= 15 is 0 Å². The Morgan fingerprint density at radius 2 is 1.88 bits per heavy atom. The predicted octanol–water partition coefficient (Wildman–Crippen LogP) is 2.23. The third-order valence-electron chi connectivity index (χ3n) is 2.70. The van der Waals surface area contributed by atoms with Gasteiger partial charge in [0.2, 0.25) is 0 Å². The average molecular weight is 224 g/mol. The molecule has 4 heteroatoms. The minimum atomic E-state index is 0.913. The SMILES string of the molecule is CCCCCCCCNCCn1ccnn1. The van der Waals surface area contributed by atoms with Crippen LogP contribution in [-0.4, -0.2) is 28.1 Å². The maximum atomic E-state index is 3.91. The summed E-state index contributed by atoms with van der Waals surface area (Å²) in [5.41, 5.74) is 0. The van der Waals surface area contributed by atoms with E-state index in [1.165, 1.54) is 38.5 Å². The van der Waals surface area contributed by atoms with Gasteiger partial charge in [-0.3, -0.25) is 4.68 Å².